The lowest BCUT2D eigenvalue weighted by Crippen LogP contribution is -2.14. The number of nitrogens with zero attached hydrogens (tertiary/aromatic N) is 4. The molecular formula is C26H33BrN4O. The summed E-state index contributed by atoms with van der Waals surface area (Å²) >= 11 is 3.63. The van der Waals surface area contributed by atoms with Gasteiger partial charge in [-0.1, -0.05) is 29.3 Å². The first-order valence-corrected chi connectivity index (χ1v) is 12.3. The van der Waals surface area contributed by atoms with E-state index in [1.54, 1.807) is 0 Å². The van der Waals surface area contributed by atoms with Crippen molar-refractivity contribution in [3.8, 4) is 11.1 Å². The molecule has 3 heterocycles. The predicted molar refractivity (Wildman–Crippen MR) is 136 cm³/mol. The Morgan fingerprint density at radius 3 is 2.31 bits per heavy atom. The number of rotatable bonds is 7. The van der Waals surface area contributed by atoms with Crippen molar-refractivity contribution in [3.05, 3.63) is 50.9 Å². The van der Waals surface area contributed by atoms with Gasteiger partial charge in [0.2, 0.25) is 0 Å². The van der Waals surface area contributed by atoms with Gasteiger partial charge in [0.15, 0.2) is 5.65 Å². The molecule has 0 aliphatic carbocycles. The van der Waals surface area contributed by atoms with Crippen LogP contribution in [0.3, 0.4) is 0 Å². The Morgan fingerprint density at radius 2 is 1.69 bits per heavy atom. The van der Waals surface area contributed by atoms with Crippen LogP contribution < -0.4 is 0 Å². The van der Waals surface area contributed by atoms with Crippen molar-refractivity contribution in [2.75, 3.05) is 6.61 Å². The molecule has 4 aromatic rings. The van der Waals surface area contributed by atoms with Crippen molar-refractivity contribution in [2.24, 2.45) is 0 Å². The molecule has 0 saturated heterocycles. The third-order valence-corrected chi connectivity index (χ3v) is 6.53. The fourth-order valence-corrected chi connectivity index (χ4v) is 5.45. The molecule has 0 N–H and O–H groups in total. The first-order chi connectivity index (χ1) is 15.2. The van der Waals surface area contributed by atoms with Crippen LogP contribution in [0.15, 0.2) is 22.7 Å². The van der Waals surface area contributed by atoms with E-state index in [0.29, 0.717) is 6.61 Å². The minimum Gasteiger partial charge on any atom is -0.377 e. The summed E-state index contributed by atoms with van der Waals surface area (Å²) in [5.74, 6) is 0. The first-order valence-electron chi connectivity index (χ1n) is 11.5. The Morgan fingerprint density at radius 1 is 1.00 bits per heavy atom. The largest absolute Gasteiger partial charge is 0.377 e. The lowest BCUT2D eigenvalue weighted by atomic mass is 9.96. The minimum atomic E-state index is 0.219. The molecule has 0 amide bonds. The van der Waals surface area contributed by atoms with Crippen LogP contribution in [0, 0.1) is 27.7 Å². The van der Waals surface area contributed by atoms with E-state index in [4.69, 9.17) is 14.8 Å². The number of fused-ring (bicyclic) bond motifs is 3. The van der Waals surface area contributed by atoms with Gasteiger partial charge in [0, 0.05) is 22.1 Å². The summed E-state index contributed by atoms with van der Waals surface area (Å²) in [4.78, 5) is 5.07. The van der Waals surface area contributed by atoms with Crippen molar-refractivity contribution in [2.45, 2.75) is 74.0 Å². The van der Waals surface area contributed by atoms with E-state index in [0.717, 1.165) is 52.1 Å². The molecule has 170 valence electrons. The van der Waals surface area contributed by atoms with Crippen LogP contribution in [0.4, 0.5) is 0 Å². The van der Waals surface area contributed by atoms with Gasteiger partial charge in [-0.2, -0.15) is 9.61 Å². The van der Waals surface area contributed by atoms with Crippen molar-refractivity contribution >= 4 is 32.6 Å². The molecule has 0 aliphatic rings. The number of ether oxygens (including phenoxy) is 1. The topological polar surface area (TPSA) is 44.4 Å². The van der Waals surface area contributed by atoms with Gasteiger partial charge in [-0.05, 0) is 82.9 Å². The molecule has 4 rings (SSSR count). The van der Waals surface area contributed by atoms with Gasteiger partial charge >= 0.3 is 0 Å². The monoisotopic (exact) mass is 496 g/mol. The maximum Gasteiger partial charge on any atom is 0.165 e. The van der Waals surface area contributed by atoms with Crippen molar-refractivity contribution in [1.29, 1.82) is 0 Å². The number of aromatic nitrogens is 4. The first kappa shape index (κ1) is 23.0. The van der Waals surface area contributed by atoms with Crippen LogP contribution in [0.1, 0.15) is 55.4 Å². The zero-order valence-corrected chi connectivity index (χ0v) is 21.8. The molecule has 32 heavy (non-hydrogen) atoms. The number of hydrogen-bond donors (Lipinski definition) is 0. The van der Waals surface area contributed by atoms with Gasteiger partial charge in [0.1, 0.15) is 5.65 Å². The van der Waals surface area contributed by atoms with Gasteiger partial charge < -0.3 is 9.30 Å². The summed E-state index contributed by atoms with van der Waals surface area (Å²) in [5, 5.41) is 6.19. The summed E-state index contributed by atoms with van der Waals surface area (Å²) in [6.07, 6.45) is 2.34. The molecule has 6 heteroatoms. The second-order valence-corrected chi connectivity index (χ2v) is 9.92. The van der Waals surface area contributed by atoms with Gasteiger partial charge in [0.05, 0.1) is 29.7 Å². The molecule has 0 saturated carbocycles. The Labute approximate surface area is 198 Å². The highest BCUT2D eigenvalue weighted by atomic mass is 79.9. The predicted octanol–water partition coefficient (Wildman–Crippen LogP) is 6.72. The van der Waals surface area contributed by atoms with Gasteiger partial charge in [-0.25, -0.2) is 4.98 Å². The van der Waals surface area contributed by atoms with E-state index in [1.807, 2.05) is 0 Å². The van der Waals surface area contributed by atoms with Crippen LogP contribution in [0.2, 0.25) is 0 Å². The lowest BCUT2D eigenvalue weighted by molar-refractivity contribution is 0.0729. The standard InChI is InChI=1S/C26H33BrN4O/c1-8-9-21-14-22-18(6)28-25-24(23-16(4)12-20(27)13-17(23)5)19(7)29-31(25)26(22)30(21)10-11-32-15(2)3/h12-15H,8-11H2,1-7H3. The molecule has 0 aliphatic heterocycles. The van der Waals surface area contributed by atoms with Crippen LogP contribution in [-0.2, 0) is 17.7 Å². The zero-order valence-electron chi connectivity index (χ0n) is 20.2. The summed E-state index contributed by atoms with van der Waals surface area (Å²) in [6, 6.07) is 6.63. The Hall–Kier alpha value is -2.18. The van der Waals surface area contributed by atoms with Crippen LogP contribution in [0.5, 0.6) is 0 Å². The SMILES string of the molecule is CCCc1cc2c(C)nc3c(-c4c(C)cc(Br)cc4C)c(C)nn3c2n1CCOC(C)C. The molecule has 0 atom stereocenters. The summed E-state index contributed by atoms with van der Waals surface area (Å²) < 4.78 is 11.5. The third kappa shape index (κ3) is 3.99. The van der Waals surface area contributed by atoms with Crippen LogP contribution in [0.25, 0.3) is 27.8 Å². The number of hydrogen-bond acceptors (Lipinski definition) is 3. The molecular weight excluding hydrogens is 464 g/mol. The van der Waals surface area contributed by atoms with Crippen molar-refractivity contribution < 1.29 is 4.74 Å². The van der Waals surface area contributed by atoms with E-state index >= 15 is 0 Å². The zero-order chi connectivity index (χ0) is 23.2. The molecule has 5 nitrogen and oxygen atoms in total. The summed E-state index contributed by atoms with van der Waals surface area (Å²) in [5.41, 5.74) is 10.2. The minimum absolute atomic E-state index is 0.219. The lowest BCUT2D eigenvalue weighted by Gasteiger charge is -2.14. The Kier molecular flexibility index (Phi) is 6.46. The van der Waals surface area contributed by atoms with E-state index < -0.39 is 0 Å². The highest BCUT2D eigenvalue weighted by Crippen LogP contribution is 2.36. The number of halogens is 1. The quantitative estimate of drug-likeness (QED) is 0.285. The molecule has 1 aromatic carbocycles. The number of benzene rings is 1. The molecule has 0 fully saturated rings. The average Bonchev–Trinajstić information content (AvgIpc) is 3.20. The normalized spacial score (nSPS) is 12.0. The molecule has 0 radical (unpaired) electrons. The van der Waals surface area contributed by atoms with Crippen LogP contribution >= 0.6 is 15.9 Å². The van der Waals surface area contributed by atoms with E-state index in [1.165, 1.54) is 27.8 Å². The maximum absolute atomic E-state index is 5.91. The summed E-state index contributed by atoms with van der Waals surface area (Å²) in [7, 11) is 0. The summed E-state index contributed by atoms with van der Waals surface area (Å²) in [6.45, 7) is 16.4. The molecule has 0 bridgehead atoms. The Bertz CT molecular complexity index is 1280. The van der Waals surface area contributed by atoms with Gasteiger partial charge in [0.25, 0.3) is 0 Å². The second kappa shape index (κ2) is 8.99. The Balaban J connectivity index is 2.01. The smallest absolute Gasteiger partial charge is 0.165 e. The highest BCUT2D eigenvalue weighted by Gasteiger charge is 2.22. The van der Waals surface area contributed by atoms with Crippen molar-refractivity contribution in [1.82, 2.24) is 19.2 Å². The van der Waals surface area contributed by atoms with Gasteiger partial charge in [-0.15, -0.1) is 0 Å². The molecule has 3 aromatic heterocycles. The van der Waals surface area contributed by atoms with E-state index in [-0.39, 0.29) is 6.10 Å². The van der Waals surface area contributed by atoms with Crippen molar-refractivity contribution in [3.63, 3.8) is 0 Å². The van der Waals surface area contributed by atoms with Gasteiger partial charge in [-0.3, -0.25) is 0 Å². The van der Waals surface area contributed by atoms with E-state index in [9.17, 15) is 0 Å². The maximum atomic E-state index is 5.91. The fraction of sp³-hybridized carbons (Fsp3) is 0.462. The highest BCUT2D eigenvalue weighted by molar-refractivity contribution is 9.10. The average molecular weight is 497 g/mol. The van der Waals surface area contributed by atoms with Crippen LogP contribution in [-0.4, -0.2) is 31.9 Å². The molecule has 0 spiro atoms. The number of aryl methyl sites for hydroxylation is 5. The fourth-order valence-electron chi connectivity index (χ4n) is 4.76. The molecule has 0 unspecified atom stereocenters. The second-order valence-electron chi connectivity index (χ2n) is 9.00. The third-order valence-electron chi connectivity index (χ3n) is 6.07. The van der Waals surface area contributed by atoms with E-state index in [2.05, 4.69) is 91.7 Å².